The molecule has 8 nitrogen and oxygen atoms in total. The van der Waals surface area contributed by atoms with Crippen LogP contribution in [0.3, 0.4) is 0 Å². The molecule has 0 bridgehead atoms. The highest BCUT2D eigenvalue weighted by Gasteiger charge is 2.07. The van der Waals surface area contributed by atoms with Gasteiger partial charge in [-0.15, -0.1) is 5.10 Å². The molecular formula is C14H21N7OS. The Morgan fingerprint density at radius 1 is 1.26 bits per heavy atom. The van der Waals surface area contributed by atoms with Crippen molar-refractivity contribution in [2.75, 3.05) is 22.9 Å². The summed E-state index contributed by atoms with van der Waals surface area (Å²) in [6.07, 6.45) is 1.06. The van der Waals surface area contributed by atoms with E-state index < -0.39 is 0 Å². The van der Waals surface area contributed by atoms with Crippen LogP contribution in [-0.4, -0.2) is 43.4 Å². The molecule has 0 radical (unpaired) electrons. The van der Waals surface area contributed by atoms with Crippen molar-refractivity contribution in [1.29, 1.82) is 0 Å². The molecule has 1 amide bonds. The number of aromatic amines is 1. The first-order valence-electron chi connectivity index (χ1n) is 7.48. The summed E-state index contributed by atoms with van der Waals surface area (Å²) < 4.78 is 0. The van der Waals surface area contributed by atoms with Crippen molar-refractivity contribution < 1.29 is 4.79 Å². The lowest BCUT2D eigenvalue weighted by atomic mass is 10.3. The Morgan fingerprint density at radius 3 is 2.70 bits per heavy atom. The predicted octanol–water partition coefficient (Wildman–Crippen LogP) is 2.15. The Morgan fingerprint density at radius 2 is 2.00 bits per heavy atom. The lowest BCUT2D eigenvalue weighted by Crippen LogP contribution is -2.15. The largest absolute Gasteiger partial charge is 0.354 e. The zero-order valence-corrected chi connectivity index (χ0v) is 14.3. The van der Waals surface area contributed by atoms with Crippen molar-refractivity contribution in [1.82, 2.24) is 25.1 Å². The van der Waals surface area contributed by atoms with Crippen molar-refractivity contribution in [2.45, 2.75) is 38.8 Å². The van der Waals surface area contributed by atoms with Crippen LogP contribution in [0.4, 0.5) is 11.9 Å². The highest BCUT2D eigenvalue weighted by atomic mass is 32.2. The minimum atomic E-state index is -0.0997. The fourth-order valence-electron chi connectivity index (χ4n) is 1.94. The number of carbonyl (C=O) groups is 1. The maximum absolute atomic E-state index is 11.8. The van der Waals surface area contributed by atoms with Crippen LogP contribution in [0, 0.1) is 13.8 Å². The Bertz CT molecular complexity index is 638. The SMILES string of the molecule is CCSc1n[nH]c(NC(=O)CCCNc2nc(C)cc(C)n2)n1. The number of nitrogens with zero attached hydrogens (tertiary/aromatic N) is 4. The van der Waals surface area contributed by atoms with Gasteiger partial charge in [0.2, 0.25) is 23.0 Å². The van der Waals surface area contributed by atoms with Gasteiger partial charge in [0.15, 0.2) is 0 Å². The molecule has 0 spiro atoms. The van der Waals surface area contributed by atoms with Crippen LogP contribution in [0.5, 0.6) is 0 Å². The molecular weight excluding hydrogens is 314 g/mol. The summed E-state index contributed by atoms with van der Waals surface area (Å²) in [7, 11) is 0. The van der Waals surface area contributed by atoms with Gasteiger partial charge in [0, 0.05) is 24.4 Å². The van der Waals surface area contributed by atoms with Gasteiger partial charge in [-0.05, 0) is 32.1 Å². The van der Waals surface area contributed by atoms with Gasteiger partial charge in [-0.2, -0.15) is 4.98 Å². The van der Waals surface area contributed by atoms with Gasteiger partial charge in [-0.25, -0.2) is 15.1 Å². The average Bonchev–Trinajstić information content (AvgIpc) is 2.90. The average molecular weight is 335 g/mol. The van der Waals surface area contributed by atoms with E-state index in [1.807, 2.05) is 26.8 Å². The number of carbonyl (C=O) groups excluding carboxylic acids is 1. The number of amides is 1. The van der Waals surface area contributed by atoms with Crippen LogP contribution < -0.4 is 10.6 Å². The van der Waals surface area contributed by atoms with Crippen molar-refractivity contribution in [3.05, 3.63) is 17.5 Å². The first kappa shape index (κ1) is 17.2. The molecule has 0 aliphatic rings. The normalized spacial score (nSPS) is 10.6. The zero-order chi connectivity index (χ0) is 16.7. The number of anilines is 2. The Labute approximate surface area is 139 Å². The summed E-state index contributed by atoms with van der Waals surface area (Å²) in [6, 6.07) is 1.92. The van der Waals surface area contributed by atoms with Gasteiger partial charge in [-0.1, -0.05) is 18.7 Å². The topological polar surface area (TPSA) is 108 Å². The van der Waals surface area contributed by atoms with Gasteiger partial charge < -0.3 is 5.32 Å². The second-order valence-electron chi connectivity index (χ2n) is 4.95. The van der Waals surface area contributed by atoms with E-state index in [0.29, 0.717) is 36.4 Å². The molecule has 0 fully saturated rings. The highest BCUT2D eigenvalue weighted by Crippen LogP contribution is 2.13. The van der Waals surface area contributed by atoms with E-state index in [2.05, 4.69) is 35.8 Å². The summed E-state index contributed by atoms with van der Waals surface area (Å²) in [5.41, 5.74) is 1.84. The van der Waals surface area contributed by atoms with Crippen LogP contribution in [0.1, 0.15) is 31.2 Å². The van der Waals surface area contributed by atoms with Crippen LogP contribution in [0.2, 0.25) is 0 Å². The number of rotatable bonds is 8. The predicted molar refractivity (Wildman–Crippen MR) is 90.6 cm³/mol. The quantitative estimate of drug-likeness (QED) is 0.501. The summed E-state index contributed by atoms with van der Waals surface area (Å²) >= 11 is 1.52. The summed E-state index contributed by atoms with van der Waals surface area (Å²) in [6.45, 7) is 6.50. The van der Waals surface area contributed by atoms with E-state index in [1.165, 1.54) is 11.8 Å². The zero-order valence-electron chi connectivity index (χ0n) is 13.5. The number of nitrogens with one attached hydrogen (secondary N) is 3. The first-order chi connectivity index (χ1) is 11.1. The molecule has 0 saturated heterocycles. The summed E-state index contributed by atoms with van der Waals surface area (Å²) in [4.78, 5) is 24.6. The van der Waals surface area contributed by atoms with Gasteiger partial charge in [0.05, 0.1) is 0 Å². The van der Waals surface area contributed by atoms with E-state index in [1.54, 1.807) is 0 Å². The van der Waals surface area contributed by atoms with Crippen molar-refractivity contribution in [3.8, 4) is 0 Å². The molecule has 0 aliphatic carbocycles. The lowest BCUT2D eigenvalue weighted by Gasteiger charge is -2.06. The third-order valence-electron chi connectivity index (χ3n) is 2.84. The molecule has 2 heterocycles. The van der Waals surface area contributed by atoms with Crippen molar-refractivity contribution in [3.63, 3.8) is 0 Å². The van der Waals surface area contributed by atoms with Crippen molar-refractivity contribution in [2.24, 2.45) is 0 Å². The molecule has 9 heteroatoms. The highest BCUT2D eigenvalue weighted by molar-refractivity contribution is 7.99. The smallest absolute Gasteiger partial charge is 0.226 e. The number of H-pyrrole nitrogens is 1. The van der Waals surface area contributed by atoms with E-state index >= 15 is 0 Å². The Hall–Kier alpha value is -2.16. The molecule has 0 unspecified atom stereocenters. The van der Waals surface area contributed by atoms with E-state index in [9.17, 15) is 4.79 Å². The number of thioether (sulfide) groups is 1. The monoisotopic (exact) mass is 335 g/mol. The van der Waals surface area contributed by atoms with Crippen LogP contribution >= 0.6 is 11.8 Å². The third kappa shape index (κ3) is 5.85. The van der Waals surface area contributed by atoms with Crippen LogP contribution in [0.15, 0.2) is 11.2 Å². The standard InChI is InChI=1S/C14H21N7OS/c1-4-23-14-19-13(20-21-14)18-11(22)6-5-7-15-12-16-9(2)8-10(3)17-12/h8H,4-7H2,1-3H3,(H,15,16,17)(H2,18,19,20,21,22). The maximum Gasteiger partial charge on any atom is 0.226 e. The van der Waals surface area contributed by atoms with Gasteiger partial charge in [-0.3, -0.25) is 10.1 Å². The number of hydrogen-bond donors (Lipinski definition) is 3. The molecule has 23 heavy (non-hydrogen) atoms. The van der Waals surface area contributed by atoms with Gasteiger partial charge >= 0.3 is 0 Å². The van der Waals surface area contributed by atoms with Crippen molar-refractivity contribution >= 4 is 29.6 Å². The fourth-order valence-corrected chi connectivity index (χ4v) is 2.47. The number of aryl methyl sites for hydroxylation is 2. The molecule has 0 aliphatic heterocycles. The lowest BCUT2D eigenvalue weighted by molar-refractivity contribution is -0.116. The summed E-state index contributed by atoms with van der Waals surface area (Å²) in [5.74, 6) is 1.77. The fraction of sp³-hybridized carbons (Fsp3) is 0.500. The Balaban J connectivity index is 1.70. The minimum absolute atomic E-state index is 0.0997. The minimum Gasteiger partial charge on any atom is -0.354 e. The number of hydrogen-bond acceptors (Lipinski definition) is 7. The number of aromatic nitrogens is 5. The van der Waals surface area contributed by atoms with E-state index in [0.717, 1.165) is 17.1 Å². The van der Waals surface area contributed by atoms with E-state index in [-0.39, 0.29) is 5.91 Å². The van der Waals surface area contributed by atoms with Gasteiger partial charge in [0.1, 0.15) is 0 Å². The molecule has 0 saturated carbocycles. The molecule has 0 atom stereocenters. The maximum atomic E-state index is 11.8. The summed E-state index contributed by atoms with van der Waals surface area (Å²) in [5, 5.41) is 13.2. The van der Waals surface area contributed by atoms with Crippen LogP contribution in [0.25, 0.3) is 0 Å². The Kier molecular flexibility index (Phi) is 6.33. The second-order valence-corrected chi connectivity index (χ2v) is 6.18. The molecule has 2 aromatic rings. The third-order valence-corrected chi connectivity index (χ3v) is 3.57. The molecule has 0 aromatic carbocycles. The molecule has 3 N–H and O–H groups in total. The van der Waals surface area contributed by atoms with Gasteiger partial charge in [0.25, 0.3) is 0 Å². The van der Waals surface area contributed by atoms with E-state index in [4.69, 9.17) is 0 Å². The second kappa shape index (κ2) is 8.47. The molecule has 2 aromatic heterocycles. The van der Waals surface area contributed by atoms with Crippen LogP contribution in [-0.2, 0) is 4.79 Å². The first-order valence-corrected chi connectivity index (χ1v) is 8.46. The molecule has 2 rings (SSSR count). The molecule has 124 valence electrons.